The predicted octanol–water partition coefficient (Wildman–Crippen LogP) is 3.61. The largest absolute Gasteiger partial charge is 0.379 e. The van der Waals surface area contributed by atoms with E-state index in [-0.39, 0.29) is 11.6 Å². The van der Waals surface area contributed by atoms with Gasteiger partial charge in [0.05, 0.1) is 25.3 Å². The molecule has 36 heavy (non-hydrogen) atoms. The number of H-pyrrole nitrogens is 1. The van der Waals surface area contributed by atoms with Gasteiger partial charge in [0.2, 0.25) is 0 Å². The number of hydrogen-bond acceptors (Lipinski definition) is 7. The number of ether oxygens (including phenoxy) is 1. The molecule has 0 spiro atoms. The lowest BCUT2D eigenvalue weighted by Gasteiger charge is -2.34. The van der Waals surface area contributed by atoms with Gasteiger partial charge in [-0.1, -0.05) is 37.8 Å². The van der Waals surface area contributed by atoms with Crippen LogP contribution in [-0.2, 0) is 11.3 Å². The van der Waals surface area contributed by atoms with E-state index in [1.165, 1.54) is 24.8 Å². The minimum Gasteiger partial charge on any atom is -0.379 e. The van der Waals surface area contributed by atoms with Crippen LogP contribution >= 0.6 is 0 Å². The van der Waals surface area contributed by atoms with E-state index in [0.29, 0.717) is 12.6 Å². The molecule has 2 aliphatic rings. The summed E-state index contributed by atoms with van der Waals surface area (Å²) < 4.78 is 7.63. The molecule has 1 atom stereocenters. The Morgan fingerprint density at radius 1 is 1.17 bits per heavy atom. The Morgan fingerprint density at radius 2 is 1.97 bits per heavy atom. The van der Waals surface area contributed by atoms with Crippen molar-refractivity contribution in [1.82, 2.24) is 35.0 Å². The summed E-state index contributed by atoms with van der Waals surface area (Å²) in [4.78, 5) is 21.1. The van der Waals surface area contributed by atoms with Crippen LogP contribution in [0.2, 0.25) is 0 Å². The summed E-state index contributed by atoms with van der Waals surface area (Å²) in [6.45, 7) is 10.0. The van der Waals surface area contributed by atoms with Gasteiger partial charge in [-0.3, -0.25) is 14.6 Å². The number of aryl methyl sites for hydroxylation is 1. The number of morpholine rings is 1. The molecule has 1 aliphatic carbocycles. The van der Waals surface area contributed by atoms with Crippen LogP contribution in [0.4, 0.5) is 0 Å². The quantitative estimate of drug-likeness (QED) is 0.487. The average molecular weight is 494 g/mol. The van der Waals surface area contributed by atoms with Gasteiger partial charge in [0, 0.05) is 43.8 Å². The first kappa shape index (κ1) is 25.0. The van der Waals surface area contributed by atoms with Crippen molar-refractivity contribution in [2.75, 3.05) is 39.4 Å². The molecule has 1 aliphatic heterocycles. The summed E-state index contributed by atoms with van der Waals surface area (Å²) in [6, 6.07) is 8.61. The van der Waals surface area contributed by atoms with Crippen molar-refractivity contribution in [2.45, 2.75) is 71.0 Å². The molecule has 1 saturated carbocycles. The summed E-state index contributed by atoms with van der Waals surface area (Å²) in [6.07, 6.45) is 6.89. The standard InChI is InChI=1S/C27H39N7O2/c1-3-25(26-29-30-31-34(26)23-7-5-4-6-8-23)33(12-11-32-13-15-36-16-14-32)19-22-18-21-17-20(2)9-10-24(21)28-27(22)35/h9-10,17-18,23,25H,3-8,11-16,19H2,1-2H3,(H,28,35). The number of rotatable bonds is 9. The van der Waals surface area contributed by atoms with Gasteiger partial charge in [0.25, 0.3) is 5.56 Å². The highest BCUT2D eigenvalue weighted by Gasteiger charge is 2.29. The zero-order valence-electron chi connectivity index (χ0n) is 21.7. The lowest BCUT2D eigenvalue weighted by Crippen LogP contribution is -2.43. The third kappa shape index (κ3) is 5.68. The Labute approximate surface area is 212 Å². The van der Waals surface area contributed by atoms with Crippen LogP contribution in [-0.4, -0.2) is 74.4 Å². The molecule has 0 radical (unpaired) electrons. The van der Waals surface area contributed by atoms with E-state index in [1.807, 2.05) is 12.1 Å². The molecular weight excluding hydrogens is 454 g/mol. The second-order valence-electron chi connectivity index (χ2n) is 10.3. The number of aromatic amines is 1. The van der Waals surface area contributed by atoms with Crippen molar-refractivity contribution in [3.8, 4) is 0 Å². The Kier molecular flexibility index (Phi) is 8.09. The number of fused-ring (bicyclic) bond motifs is 1. The minimum absolute atomic E-state index is 0.0237. The van der Waals surface area contributed by atoms with Gasteiger partial charge in [0.1, 0.15) is 0 Å². The van der Waals surface area contributed by atoms with Gasteiger partial charge in [-0.25, -0.2) is 4.68 Å². The maximum atomic E-state index is 13.1. The Hall–Kier alpha value is -2.62. The van der Waals surface area contributed by atoms with Crippen LogP contribution in [0.25, 0.3) is 10.9 Å². The number of tetrazole rings is 1. The van der Waals surface area contributed by atoms with Crippen LogP contribution in [0.5, 0.6) is 0 Å². The smallest absolute Gasteiger partial charge is 0.252 e. The SMILES string of the molecule is CCC(c1nnnn1C1CCCCC1)N(CCN1CCOCC1)Cc1cc2cc(C)ccc2[nH]c1=O. The van der Waals surface area contributed by atoms with Gasteiger partial charge in [-0.2, -0.15) is 0 Å². The molecule has 1 N–H and O–H groups in total. The van der Waals surface area contributed by atoms with Crippen LogP contribution in [0, 0.1) is 6.92 Å². The maximum absolute atomic E-state index is 13.1. The molecule has 9 nitrogen and oxygen atoms in total. The summed E-state index contributed by atoms with van der Waals surface area (Å²) in [7, 11) is 0. The molecule has 0 bridgehead atoms. The molecule has 9 heteroatoms. The van der Waals surface area contributed by atoms with Gasteiger partial charge >= 0.3 is 0 Å². The van der Waals surface area contributed by atoms with Gasteiger partial charge in [-0.05, 0) is 60.2 Å². The predicted molar refractivity (Wildman–Crippen MR) is 140 cm³/mol. The zero-order chi connectivity index (χ0) is 24.9. The number of nitrogens with one attached hydrogen (secondary N) is 1. The molecule has 2 aromatic heterocycles. The third-order valence-corrected chi connectivity index (χ3v) is 7.82. The van der Waals surface area contributed by atoms with E-state index in [2.05, 4.69) is 61.0 Å². The van der Waals surface area contributed by atoms with Crippen LogP contribution in [0.3, 0.4) is 0 Å². The molecule has 1 saturated heterocycles. The highest BCUT2D eigenvalue weighted by molar-refractivity contribution is 5.79. The van der Waals surface area contributed by atoms with Crippen molar-refractivity contribution >= 4 is 10.9 Å². The van der Waals surface area contributed by atoms with E-state index in [4.69, 9.17) is 4.74 Å². The molecule has 0 amide bonds. The number of hydrogen-bond donors (Lipinski definition) is 1. The zero-order valence-corrected chi connectivity index (χ0v) is 21.7. The second-order valence-corrected chi connectivity index (χ2v) is 10.3. The summed E-state index contributed by atoms with van der Waals surface area (Å²) in [5.74, 6) is 0.930. The normalized spacial score (nSPS) is 18.8. The van der Waals surface area contributed by atoms with Crippen molar-refractivity contribution in [2.24, 2.45) is 0 Å². The Bertz CT molecular complexity index is 1190. The van der Waals surface area contributed by atoms with Crippen molar-refractivity contribution in [3.63, 3.8) is 0 Å². The molecular formula is C27H39N7O2. The first-order valence-corrected chi connectivity index (χ1v) is 13.6. The highest BCUT2D eigenvalue weighted by atomic mass is 16.5. The molecule has 5 rings (SSSR count). The number of benzene rings is 1. The second kappa shape index (κ2) is 11.6. The molecule has 3 aromatic rings. The Morgan fingerprint density at radius 3 is 2.75 bits per heavy atom. The van der Waals surface area contributed by atoms with E-state index in [0.717, 1.165) is 80.9 Å². The monoisotopic (exact) mass is 493 g/mol. The first-order valence-electron chi connectivity index (χ1n) is 13.6. The fraction of sp³-hybridized carbons (Fsp3) is 0.630. The first-order chi connectivity index (χ1) is 17.6. The third-order valence-electron chi connectivity index (χ3n) is 7.82. The van der Waals surface area contributed by atoms with Crippen molar-refractivity contribution in [3.05, 3.63) is 51.6 Å². The summed E-state index contributed by atoms with van der Waals surface area (Å²) in [5, 5.41) is 14.2. The maximum Gasteiger partial charge on any atom is 0.252 e. The van der Waals surface area contributed by atoms with E-state index >= 15 is 0 Å². The molecule has 1 aromatic carbocycles. The minimum atomic E-state index is -0.0237. The fourth-order valence-electron chi connectivity index (χ4n) is 5.76. The van der Waals surface area contributed by atoms with Crippen molar-refractivity contribution in [1.29, 1.82) is 0 Å². The van der Waals surface area contributed by atoms with Crippen molar-refractivity contribution < 1.29 is 4.74 Å². The van der Waals surface area contributed by atoms with E-state index < -0.39 is 0 Å². The molecule has 1 unspecified atom stereocenters. The Balaban J connectivity index is 1.45. The molecule has 2 fully saturated rings. The number of nitrogens with zero attached hydrogens (tertiary/aromatic N) is 6. The summed E-state index contributed by atoms with van der Waals surface area (Å²) in [5.41, 5.74) is 2.82. The molecule has 3 heterocycles. The average Bonchev–Trinajstić information content (AvgIpc) is 3.39. The highest BCUT2D eigenvalue weighted by Crippen LogP contribution is 2.32. The summed E-state index contributed by atoms with van der Waals surface area (Å²) >= 11 is 0. The fourth-order valence-corrected chi connectivity index (χ4v) is 5.76. The van der Waals surface area contributed by atoms with E-state index in [9.17, 15) is 4.79 Å². The van der Waals surface area contributed by atoms with Crippen LogP contribution in [0.15, 0.2) is 29.1 Å². The van der Waals surface area contributed by atoms with Gasteiger partial charge in [-0.15, -0.1) is 5.10 Å². The lowest BCUT2D eigenvalue weighted by molar-refractivity contribution is 0.0290. The van der Waals surface area contributed by atoms with E-state index in [1.54, 1.807) is 0 Å². The van der Waals surface area contributed by atoms with Gasteiger partial charge < -0.3 is 9.72 Å². The topological polar surface area (TPSA) is 92.2 Å². The van der Waals surface area contributed by atoms with Gasteiger partial charge in [0.15, 0.2) is 5.82 Å². The lowest BCUT2D eigenvalue weighted by atomic mass is 9.95. The number of aromatic nitrogens is 5. The number of pyridine rings is 1. The molecule has 194 valence electrons. The van der Waals surface area contributed by atoms with Crippen LogP contribution < -0.4 is 5.56 Å². The van der Waals surface area contributed by atoms with Crippen LogP contribution in [0.1, 0.15) is 74.5 Å².